The molecule has 0 saturated carbocycles. The van der Waals surface area contributed by atoms with Gasteiger partial charge in [-0.15, -0.1) is 0 Å². The molecule has 0 bridgehead atoms. The Morgan fingerprint density at radius 3 is 3.00 bits per heavy atom. The van der Waals surface area contributed by atoms with Crippen LogP contribution < -0.4 is 0 Å². The molecule has 0 fully saturated rings. The highest BCUT2D eigenvalue weighted by molar-refractivity contribution is 4.96. The van der Waals surface area contributed by atoms with Gasteiger partial charge in [0.1, 0.15) is 5.69 Å². The molecule has 1 aromatic heterocycles. The van der Waals surface area contributed by atoms with Gasteiger partial charge in [-0.05, 0) is 6.42 Å². The van der Waals surface area contributed by atoms with Crippen molar-refractivity contribution < 1.29 is 4.63 Å². The molecule has 0 aliphatic rings. The summed E-state index contributed by atoms with van der Waals surface area (Å²) < 4.78 is 4.44. The Bertz CT molecular complexity index is 160. The molecular weight excluding hydrogens is 116 g/mol. The Balaban J connectivity index is 2.65. The third-order valence-electron chi connectivity index (χ3n) is 1.50. The first-order valence-corrected chi connectivity index (χ1v) is 3.12. The highest BCUT2D eigenvalue weighted by atomic mass is 16.6. The van der Waals surface area contributed by atoms with E-state index in [2.05, 4.69) is 28.8 Å². The Morgan fingerprint density at radius 1 is 1.78 bits per heavy atom. The molecule has 0 spiro atoms. The first-order valence-electron chi connectivity index (χ1n) is 3.12. The van der Waals surface area contributed by atoms with Crippen LogP contribution in [0.4, 0.5) is 0 Å². The average Bonchev–Trinajstić information content (AvgIpc) is 2.37. The van der Waals surface area contributed by atoms with Crippen molar-refractivity contribution in [3.63, 3.8) is 0 Å². The molecule has 0 saturated heterocycles. The van der Waals surface area contributed by atoms with E-state index in [1.54, 1.807) is 6.20 Å². The maximum atomic E-state index is 4.44. The van der Waals surface area contributed by atoms with Crippen LogP contribution in [0.3, 0.4) is 0 Å². The highest BCUT2D eigenvalue weighted by Crippen LogP contribution is 2.13. The van der Waals surface area contributed by atoms with Gasteiger partial charge in [-0.25, -0.2) is 4.63 Å². The summed E-state index contributed by atoms with van der Waals surface area (Å²) in [6, 6.07) is 0. The predicted octanol–water partition coefficient (Wildman–Crippen LogP) is 1.58. The van der Waals surface area contributed by atoms with Gasteiger partial charge < -0.3 is 0 Å². The lowest BCUT2D eigenvalue weighted by Crippen LogP contribution is -1.89. The number of rotatable bonds is 2. The van der Waals surface area contributed by atoms with E-state index in [1.807, 2.05) is 0 Å². The Kier molecular flexibility index (Phi) is 1.82. The quantitative estimate of drug-likeness (QED) is 0.604. The molecule has 0 amide bonds. The van der Waals surface area contributed by atoms with E-state index in [0.717, 1.165) is 12.1 Å². The van der Waals surface area contributed by atoms with Gasteiger partial charge in [0.15, 0.2) is 0 Å². The standard InChI is InChI=1S/C6H10N2O/c1-3-5(2)6-4-7-9-8-6/h4-5H,3H2,1-2H3. The van der Waals surface area contributed by atoms with E-state index in [9.17, 15) is 0 Å². The van der Waals surface area contributed by atoms with Crippen molar-refractivity contribution in [3.05, 3.63) is 11.9 Å². The Labute approximate surface area is 54.0 Å². The zero-order valence-electron chi connectivity index (χ0n) is 5.66. The van der Waals surface area contributed by atoms with E-state index in [1.165, 1.54) is 0 Å². The molecular formula is C6H10N2O. The van der Waals surface area contributed by atoms with E-state index < -0.39 is 0 Å². The fourth-order valence-electron chi connectivity index (χ4n) is 0.598. The first kappa shape index (κ1) is 6.26. The zero-order valence-corrected chi connectivity index (χ0v) is 5.66. The minimum Gasteiger partial charge on any atom is -0.244 e. The average molecular weight is 126 g/mol. The molecule has 3 heteroatoms. The van der Waals surface area contributed by atoms with Crippen molar-refractivity contribution in [2.24, 2.45) is 0 Å². The molecule has 1 rings (SSSR count). The maximum absolute atomic E-state index is 4.44. The highest BCUT2D eigenvalue weighted by Gasteiger charge is 2.05. The number of hydrogen-bond acceptors (Lipinski definition) is 3. The molecule has 9 heavy (non-hydrogen) atoms. The van der Waals surface area contributed by atoms with Crippen LogP contribution in [0.15, 0.2) is 10.8 Å². The predicted molar refractivity (Wildman–Crippen MR) is 33.0 cm³/mol. The van der Waals surface area contributed by atoms with Crippen molar-refractivity contribution >= 4 is 0 Å². The summed E-state index contributed by atoms with van der Waals surface area (Å²) in [6.45, 7) is 4.21. The summed E-state index contributed by atoms with van der Waals surface area (Å²) >= 11 is 0. The Hall–Kier alpha value is -0.860. The smallest absolute Gasteiger partial charge is 0.107 e. The van der Waals surface area contributed by atoms with Gasteiger partial charge in [0, 0.05) is 5.92 Å². The van der Waals surface area contributed by atoms with E-state index in [0.29, 0.717) is 5.92 Å². The second-order valence-electron chi connectivity index (χ2n) is 2.14. The van der Waals surface area contributed by atoms with Gasteiger partial charge in [0.05, 0.1) is 6.20 Å². The van der Waals surface area contributed by atoms with Gasteiger partial charge in [-0.3, -0.25) is 0 Å². The topological polar surface area (TPSA) is 38.9 Å². The second-order valence-corrected chi connectivity index (χ2v) is 2.14. The monoisotopic (exact) mass is 126 g/mol. The molecule has 0 radical (unpaired) electrons. The van der Waals surface area contributed by atoms with Crippen LogP contribution in [0.5, 0.6) is 0 Å². The summed E-state index contributed by atoms with van der Waals surface area (Å²) in [5.74, 6) is 0.469. The van der Waals surface area contributed by atoms with Crippen LogP contribution in [0, 0.1) is 0 Å². The van der Waals surface area contributed by atoms with Crippen LogP contribution >= 0.6 is 0 Å². The first-order chi connectivity index (χ1) is 4.34. The van der Waals surface area contributed by atoms with Crippen LogP contribution in [0.2, 0.25) is 0 Å². The Morgan fingerprint density at radius 2 is 2.56 bits per heavy atom. The number of aromatic nitrogens is 2. The molecule has 1 unspecified atom stereocenters. The van der Waals surface area contributed by atoms with Gasteiger partial charge in [0.25, 0.3) is 0 Å². The minimum absolute atomic E-state index is 0.469. The van der Waals surface area contributed by atoms with Gasteiger partial charge >= 0.3 is 0 Å². The number of hydrogen-bond donors (Lipinski definition) is 0. The second kappa shape index (κ2) is 2.62. The van der Waals surface area contributed by atoms with Crippen molar-refractivity contribution in [2.75, 3.05) is 0 Å². The molecule has 1 heterocycles. The molecule has 1 atom stereocenters. The summed E-state index contributed by atoms with van der Waals surface area (Å²) in [4.78, 5) is 0. The van der Waals surface area contributed by atoms with Gasteiger partial charge in [-0.1, -0.05) is 24.2 Å². The zero-order chi connectivity index (χ0) is 6.69. The normalized spacial score (nSPS) is 13.6. The van der Waals surface area contributed by atoms with Crippen LogP contribution in [-0.2, 0) is 0 Å². The van der Waals surface area contributed by atoms with E-state index in [-0.39, 0.29) is 0 Å². The summed E-state index contributed by atoms with van der Waals surface area (Å²) in [6.07, 6.45) is 2.74. The third-order valence-corrected chi connectivity index (χ3v) is 1.50. The maximum Gasteiger partial charge on any atom is 0.107 e. The molecule has 0 aliphatic heterocycles. The van der Waals surface area contributed by atoms with Crippen LogP contribution in [-0.4, -0.2) is 10.3 Å². The van der Waals surface area contributed by atoms with Gasteiger partial charge in [0.2, 0.25) is 0 Å². The van der Waals surface area contributed by atoms with Crippen molar-refractivity contribution in [3.8, 4) is 0 Å². The van der Waals surface area contributed by atoms with E-state index in [4.69, 9.17) is 0 Å². The lowest BCUT2D eigenvalue weighted by Gasteiger charge is -1.98. The summed E-state index contributed by atoms with van der Waals surface area (Å²) in [5, 5.41) is 7.21. The molecule has 0 aromatic carbocycles. The molecule has 1 aromatic rings. The van der Waals surface area contributed by atoms with E-state index >= 15 is 0 Å². The lowest BCUT2D eigenvalue weighted by atomic mass is 10.1. The molecule has 0 N–H and O–H groups in total. The largest absolute Gasteiger partial charge is 0.244 e. The fourth-order valence-corrected chi connectivity index (χ4v) is 0.598. The number of nitrogens with zero attached hydrogens (tertiary/aromatic N) is 2. The lowest BCUT2D eigenvalue weighted by molar-refractivity contribution is 0.301. The SMILES string of the molecule is CCC(C)c1cnon1. The third kappa shape index (κ3) is 1.28. The molecule has 50 valence electrons. The van der Waals surface area contributed by atoms with Crippen molar-refractivity contribution in [1.29, 1.82) is 0 Å². The summed E-state index contributed by atoms with van der Waals surface area (Å²) in [7, 11) is 0. The van der Waals surface area contributed by atoms with Crippen molar-refractivity contribution in [1.82, 2.24) is 10.3 Å². The fraction of sp³-hybridized carbons (Fsp3) is 0.667. The molecule has 0 aliphatic carbocycles. The molecule has 3 nitrogen and oxygen atoms in total. The van der Waals surface area contributed by atoms with Gasteiger partial charge in [-0.2, -0.15) is 0 Å². The van der Waals surface area contributed by atoms with Crippen LogP contribution in [0.1, 0.15) is 31.9 Å². The van der Waals surface area contributed by atoms with Crippen LogP contribution in [0.25, 0.3) is 0 Å². The van der Waals surface area contributed by atoms with Crippen molar-refractivity contribution in [2.45, 2.75) is 26.2 Å². The minimum atomic E-state index is 0.469. The summed E-state index contributed by atoms with van der Waals surface area (Å²) in [5.41, 5.74) is 0.942.